The summed E-state index contributed by atoms with van der Waals surface area (Å²) in [7, 11) is 0. The highest BCUT2D eigenvalue weighted by Crippen LogP contribution is 2.42. The lowest BCUT2D eigenvalue weighted by Gasteiger charge is -2.28. The molecule has 1 aliphatic heterocycles. The zero-order valence-electron chi connectivity index (χ0n) is 15.6. The molecule has 1 aliphatic rings. The number of para-hydroxylation sites is 1. The minimum Gasteiger partial charge on any atom is -0.508 e. The van der Waals surface area contributed by atoms with Gasteiger partial charge in [-0.1, -0.05) is 24.3 Å². The molecule has 4 rings (SSSR count). The second-order valence-corrected chi connectivity index (χ2v) is 6.76. The molecular weight excluding hydrogens is 388 g/mol. The van der Waals surface area contributed by atoms with Crippen LogP contribution in [0, 0.1) is 0 Å². The first-order chi connectivity index (χ1) is 14.4. The van der Waals surface area contributed by atoms with Crippen LogP contribution in [0.3, 0.4) is 0 Å². The number of nitrogens with zero attached hydrogens (tertiary/aromatic N) is 1. The summed E-state index contributed by atoms with van der Waals surface area (Å²) >= 11 is 0. The van der Waals surface area contributed by atoms with Crippen molar-refractivity contribution in [2.45, 2.75) is 12.5 Å². The molecule has 0 bridgehead atoms. The van der Waals surface area contributed by atoms with E-state index >= 15 is 0 Å². The van der Waals surface area contributed by atoms with Gasteiger partial charge in [-0.3, -0.25) is 4.79 Å². The van der Waals surface area contributed by atoms with Gasteiger partial charge in [0.25, 0.3) is 5.91 Å². The highest BCUT2D eigenvalue weighted by Gasteiger charge is 2.30. The zero-order chi connectivity index (χ0) is 21.3. The Morgan fingerprint density at radius 1 is 0.933 bits per heavy atom. The summed E-state index contributed by atoms with van der Waals surface area (Å²) in [6.07, 6.45) is -0.322. The fourth-order valence-electron chi connectivity index (χ4n) is 3.26. The highest BCUT2D eigenvalue weighted by atomic mass is 16.5. The SMILES string of the molecule is O=C(N/N=C1/CC(c2ccc(O)cc2)Oc2cc(O)cc(O)c21)c1ccccc1O. The molecule has 0 spiro atoms. The number of carbonyl (C=O) groups excluding carboxylic acids is 1. The Kier molecular flexibility index (Phi) is 4.89. The quantitative estimate of drug-likeness (QED) is 0.425. The van der Waals surface area contributed by atoms with Gasteiger partial charge in [0, 0.05) is 18.6 Å². The topological polar surface area (TPSA) is 132 Å². The molecule has 30 heavy (non-hydrogen) atoms. The lowest BCUT2D eigenvalue weighted by molar-refractivity contribution is 0.0951. The lowest BCUT2D eigenvalue weighted by atomic mass is 9.94. The lowest BCUT2D eigenvalue weighted by Crippen LogP contribution is -2.25. The minimum atomic E-state index is -0.618. The van der Waals surface area contributed by atoms with Crippen LogP contribution in [0.1, 0.15) is 34.0 Å². The molecule has 5 N–H and O–H groups in total. The van der Waals surface area contributed by atoms with Gasteiger partial charge in [-0.2, -0.15) is 5.10 Å². The summed E-state index contributed by atoms with van der Waals surface area (Å²) in [6.45, 7) is 0. The van der Waals surface area contributed by atoms with Gasteiger partial charge in [-0.25, -0.2) is 5.43 Å². The number of carbonyl (C=O) groups is 1. The molecule has 0 aromatic heterocycles. The van der Waals surface area contributed by atoms with Gasteiger partial charge >= 0.3 is 0 Å². The molecule has 0 fully saturated rings. The van der Waals surface area contributed by atoms with E-state index in [1.54, 1.807) is 24.3 Å². The smallest absolute Gasteiger partial charge is 0.275 e. The van der Waals surface area contributed by atoms with Crippen molar-refractivity contribution in [3.63, 3.8) is 0 Å². The van der Waals surface area contributed by atoms with Crippen LogP contribution < -0.4 is 10.2 Å². The second-order valence-electron chi connectivity index (χ2n) is 6.76. The molecular formula is C22H18N2O6. The molecule has 8 heteroatoms. The van der Waals surface area contributed by atoms with Crippen LogP contribution in [-0.4, -0.2) is 32.0 Å². The zero-order valence-corrected chi connectivity index (χ0v) is 15.6. The number of hydrogen-bond acceptors (Lipinski definition) is 7. The molecule has 1 heterocycles. The Labute approximate surface area is 171 Å². The molecule has 1 amide bonds. The van der Waals surface area contributed by atoms with Crippen LogP contribution in [0.5, 0.6) is 28.7 Å². The first-order valence-corrected chi connectivity index (χ1v) is 9.09. The normalized spacial score (nSPS) is 16.5. The van der Waals surface area contributed by atoms with Gasteiger partial charge < -0.3 is 25.2 Å². The Morgan fingerprint density at radius 2 is 1.67 bits per heavy atom. The number of phenolic OH excluding ortho intramolecular Hbond substituents is 4. The van der Waals surface area contributed by atoms with Crippen LogP contribution >= 0.6 is 0 Å². The maximum absolute atomic E-state index is 12.4. The number of fused-ring (bicyclic) bond motifs is 1. The van der Waals surface area contributed by atoms with Crippen molar-refractivity contribution in [1.29, 1.82) is 0 Å². The van der Waals surface area contributed by atoms with Gasteiger partial charge in [0.05, 0.1) is 16.8 Å². The molecule has 0 saturated carbocycles. The van der Waals surface area contributed by atoms with Gasteiger partial charge in [0.1, 0.15) is 34.9 Å². The van der Waals surface area contributed by atoms with Crippen molar-refractivity contribution in [2.75, 3.05) is 0 Å². The summed E-state index contributed by atoms with van der Waals surface area (Å²) in [5.41, 5.74) is 3.76. The third-order valence-electron chi connectivity index (χ3n) is 4.71. The molecule has 0 radical (unpaired) electrons. The largest absolute Gasteiger partial charge is 0.508 e. The Hall–Kier alpha value is -4.20. The van der Waals surface area contributed by atoms with Crippen molar-refractivity contribution >= 4 is 11.6 Å². The van der Waals surface area contributed by atoms with Gasteiger partial charge in [0.2, 0.25) is 0 Å². The second kappa shape index (κ2) is 7.67. The summed E-state index contributed by atoms with van der Waals surface area (Å²) in [6, 6.07) is 15.0. The molecule has 0 aliphatic carbocycles. The van der Waals surface area contributed by atoms with E-state index in [9.17, 15) is 25.2 Å². The predicted octanol–water partition coefficient (Wildman–Crippen LogP) is 3.17. The Morgan fingerprint density at radius 3 is 2.40 bits per heavy atom. The third kappa shape index (κ3) is 3.70. The van der Waals surface area contributed by atoms with Crippen LogP contribution in [0.2, 0.25) is 0 Å². The fourth-order valence-corrected chi connectivity index (χ4v) is 3.26. The average Bonchev–Trinajstić information content (AvgIpc) is 2.72. The molecule has 1 atom stereocenters. The van der Waals surface area contributed by atoms with Crippen LogP contribution in [0.15, 0.2) is 65.8 Å². The highest BCUT2D eigenvalue weighted by molar-refractivity contribution is 6.07. The number of nitrogens with one attached hydrogen (secondary N) is 1. The molecule has 8 nitrogen and oxygen atoms in total. The van der Waals surface area contributed by atoms with Crippen molar-refractivity contribution in [1.82, 2.24) is 5.43 Å². The monoisotopic (exact) mass is 406 g/mol. The summed E-state index contributed by atoms with van der Waals surface area (Å²) in [5, 5.41) is 43.7. The van der Waals surface area contributed by atoms with E-state index in [0.29, 0.717) is 5.71 Å². The van der Waals surface area contributed by atoms with Crippen molar-refractivity contribution in [3.05, 3.63) is 77.4 Å². The van der Waals surface area contributed by atoms with Crippen molar-refractivity contribution in [2.24, 2.45) is 5.10 Å². The summed E-state index contributed by atoms with van der Waals surface area (Å²) in [4.78, 5) is 12.4. The number of aromatic hydroxyl groups is 4. The molecule has 152 valence electrons. The van der Waals surface area contributed by atoms with Gasteiger partial charge in [0.15, 0.2) is 0 Å². The van der Waals surface area contributed by atoms with Gasteiger partial charge in [-0.05, 0) is 29.8 Å². The van der Waals surface area contributed by atoms with E-state index in [1.807, 2.05) is 0 Å². The maximum atomic E-state index is 12.4. The number of rotatable bonds is 3. The standard InChI is InChI=1S/C22H18N2O6/c25-13-7-5-12(6-8-13)19-11-16(21-18(28)9-14(26)10-20(21)30-19)23-24-22(29)15-3-1-2-4-17(15)27/h1-10,19,25-28H,11H2,(H,24,29)/b23-16-. The third-order valence-corrected chi connectivity index (χ3v) is 4.71. The Bertz CT molecular complexity index is 1140. The van der Waals surface area contributed by atoms with Crippen LogP contribution in [0.4, 0.5) is 0 Å². The maximum Gasteiger partial charge on any atom is 0.275 e. The molecule has 1 unspecified atom stereocenters. The van der Waals surface area contributed by atoms with E-state index < -0.39 is 12.0 Å². The molecule has 3 aromatic rings. The molecule has 3 aromatic carbocycles. The number of ether oxygens (including phenoxy) is 1. The van der Waals surface area contributed by atoms with Crippen molar-refractivity contribution in [3.8, 4) is 28.7 Å². The van der Waals surface area contributed by atoms with E-state index in [2.05, 4.69) is 10.5 Å². The van der Waals surface area contributed by atoms with E-state index in [4.69, 9.17) is 4.74 Å². The minimum absolute atomic E-state index is 0.0548. The predicted molar refractivity (Wildman–Crippen MR) is 108 cm³/mol. The fraction of sp³-hybridized carbons (Fsp3) is 0.0909. The van der Waals surface area contributed by atoms with Gasteiger partial charge in [-0.15, -0.1) is 0 Å². The number of amides is 1. The average molecular weight is 406 g/mol. The van der Waals surface area contributed by atoms with Crippen molar-refractivity contribution < 1.29 is 30.0 Å². The van der Waals surface area contributed by atoms with E-state index in [1.165, 1.54) is 30.3 Å². The first kappa shape index (κ1) is 19.1. The number of hydrogen-bond donors (Lipinski definition) is 5. The number of benzene rings is 3. The van der Waals surface area contributed by atoms with Crippen LogP contribution in [0.25, 0.3) is 0 Å². The van der Waals surface area contributed by atoms with E-state index in [-0.39, 0.29) is 46.3 Å². The Balaban J connectivity index is 1.70. The number of hydrazone groups is 1. The summed E-state index contributed by atoms with van der Waals surface area (Å²) in [5.74, 6) is -0.924. The first-order valence-electron chi connectivity index (χ1n) is 9.09. The van der Waals surface area contributed by atoms with Crippen LogP contribution in [-0.2, 0) is 0 Å². The number of phenols is 4. The van der Waals surface area contributed by atoms with E-state index in [0.717, 1.165) is 11.6 Å². The summed E-state index contributed by atoms with van der Waals surface area (Å²) < 4.78 is 5.93. The molecule has 0 saturated heterocycles.